The smallest absolute Gasteiger partial charge is 0.126 e. The first-order valence-electron chi connectivity index (χ1n) is 1.61. The highest BCUT2D eigenvalue weighted by molar-refractivity contribution is 8.02. The van der Waals surface area contributed by atoms with E-state index in [1.165, 1.54) is 11.8 Å². The molecule has 0 aromatic heterocycles. The van der Waals surface area contributed by atoms with Crippen molar-refractivity contribution in [2.45, 2.75) is 3.67 Å². The molecule has 0 rings (SSSR count). The maximum absolute atomic E-state index is 5.50. The SMILES string of the molecule is CSC(Cl)(Cl)CCl. The summed E-state index contributed by atoms with van der Waals surface area (Å²) in [5.41, 5.74) is 0. The number of rotatable bonds is 2. The van der Waals surface area contributed by atoms with Gasteiger partial charge in [-0.2, -0.15) is 0 Å². The molecule has 0 aromatic rings. The maximum Gasteiger partial charge on any atom is 0.176 e. The van der Waals surface area contributed by atoms with Gasteiger partial charge in [-0.05, 0) is 6.26 Å². The van der Waals surface area contributed by atoms with E-state index in [-0.39, 0.29) is 5.88 Å². The molecule has 0 unspecified atom stereocenters. The van der Waals surface area contributed by atoms with E-state index in [9.17, 15) is 0 Å². The molecular formula is C3H5Cl3S. The van der Waals surface area contributed by atoms with Crippen LogP contribution in [0.4, 0.5) is 0 Å². The molecule has 0 nitrogen and oxygen atoms in total. The second-order valence-electron chi connectivity index (χ2n) is 0.975. The van der Waals surface area contributed by atoms with Gasteiger partial charge in [-0.25, -0.2) is 0 Å². The van der Waals surface area contributed by atoms with Gasteiger partial charge < -0.3 is 0 Å². The second kappa shape index (κ2) is 3.29. The number of alkyl halides is 3. The summed E-state index contributed by atoms with van der Waals surface area (Å²) in [4.78, 5) is 0. The Morgan fingerprint density at radius 1 is 1.57 bits per heavy atom. The van der Waals surface area contributed by atoms with Crippen LogP contribution in [0.1, 0.15) is 0 Å². The van der Waals surface area contributed by atoms with E-state index in [0.717, 1.165) is 0 Å². The van der Waals surface area contributed by atoms with Crippen molar-refractivity contribution < 1.29 is 0 Å². The summed E-state index contributed by atoms with van der Waals surface area (Å²) in [6, 6.07) is 0. The minimum atomic E-state index is -0.790. The van der Waals surface area contributed by atoms with E-state index in [0.29, 0.717) is 0 Å². The van der Waals surface area contributed by atoms with Crippen molar-refractivity contribution in [2.24, 2.45) is 0 Å². The normalized spacial score (nSPS) is 12.0. The highest BCUT2D eigenvalue weighted by Gasteiger charge is 2.19. The molecule has 4 heteroatoms. The molecule has 0 aliphatic heterocycles. The fraction of sp³-hybridized carbons (Fsp3) is 1.00. The zero-order valence-electron chi connectivity index (χ0n) is 3.75. The summed E-state index contributed by atoms with van der Waals surface area (Å²) in [5, 5.41) is 0. The van der Waals surface area contributed by atoms with E-state index >= 15 is 0 Å². The van der Waals surface area contributed by atoms with Gasteiger partial charge in [0.15, 0.2) is 3.67 Å². The van der Waals surface area contributed by atoms with E-state index in [4.69, 9.17) is 34.8 Å². The highest BCUT2D eigenvalue weighted by atomic mass is 35.5. The number of thioether (sulfide) groups is 1. The summed E-state index contributed by atoms with van der Waals surface area (Å²) in [6.07, 6.45) is 1.81. The van der Waals surface area contributed by atoms with Crippen LogP contribution in [0.15, 0.2) is 0 Å². The standard InChI is InChI=1S/C3H5Cl3S/c1-7-3(5,6)2-4/h2H2,1H3. The van der Waals surface area contributed by atoms with Gasteiger partial charge in [-0.3, -0.25) is 0 Å². The highest BCUT2D eigenvalue weighted by Crippen LogP contribution is 2.33. The Balaban J connectivity index is 3.36. The van der Waals surface area contributed by atoms with E-state index in [2.05, 4.69) is 0 Å². The van der Waals surface area contributed by atoms with Crippen molar-refractivity contribution in [3.8, 4) is 0 Å². The van der Waals surface area contributed by atoms with Crippen LogP contribution in [0.3, 0.4) is 0 Å². The van der Waals surface area contributed by atoms with Crippen LogP contribution in [-0.4, -0.2) is 15.8 Å². The topological polar surface area (TPSA) is 0 Å². The first kappa shape index (κ1) is 8.22. The van der Waals surface area contributed by atoms with Crippen molar-refractivity contribution in [3.05, 3.63) is 0 Å². The Morgan fingerprint density at radius 3 is 2.00 bits per heavy atom. The molecule has 0 atom stereocenters. The number of halogens is 3. The molecule has 7 heavy (non-hydrogen) atoms. The van der Waals surface area contributed by atoms with Gasteiger partial charge in [-0.15, -0.1) is 23.4 Å². The van der Waals surface area contributed by atoms with Crippen LogP contribution in [0.5, 0.6) is 0 Å². The third kappa shape index (κ3) is 3.77. The lowest BCUT2D eigenvalue weighted by molar-refractivity contribution is 1.30. The van der Waals surface area contributed by atoms with Crippen LogP contribution in [0, 0.1) is 0 Å². The number of hydrogen-bond donors (Lipinski definition) is 0. The van der Waals surface area contributed by atoms with Gasteiger partial charge in [0.05, 0.1) is 5.88 Å². The van der Waals surface area contributed by atoms with Gasteiger partial charge >= 0.3 is 0 Å². The van der Waals surface area contributed by atoms with E-state index < -0.39 is 3.67 Å². The third-order valence-electron chi connectivity index (χ3n) is 0.454. The van der Waals surface area contributed by atoms with Gasteiger partial charge in [-0.1, -0.05) is 23.2 Å². The zero-order chi connectivity index (χ0) is 5.91. The molecule has 0 aromatic carbocycles. The molecule has 0 aliphatic carbocycles. The predicted molar refractivity (Wildman–Crippen MR) is 38.7 cm³/mol. The van der Waals surface area contributed by atoms with Crippen LogP contribution in [0.25, 0.3) is 0 Å². The molecule has 0 N–H and O–H groups in total. The third-order valence-corrected chi connectivity index (χ3v) is 3.22. The summed E-state index contributed by atoms with van der Waals surface area (Å²) in [5.74, 6) is 0.261. The molecule has 0 fully saturated rings. The molecule has 0 saturated heterocycles. The quantitative estimate of drug-likeness (QED) is 0.588. The first-order chi connectivity index (χ1) is 3.12. The molecule has 0 heterocycles. The van der Waals surface area contributed by atoms with Crippen molar-refractivity contribution in [1.29, 1.82) is 0 Å². The molecule has 0 saturated carbocycles. The predicted octanol–water partition coefficient (Wildman–Crippen LogP) is 2.72. The molecule has 0 bridgehead atoms. The summed E-state index contributed by atoms with van der Waals surface area (Å²) >= 11 is 17.6. The molecule has 44 valence electrons. The fourth-order valence-electron chi connectivity index (χ4n) is 0.0546. The monoisotopic (exact) mass is 178 g/mol. The van der Waals surface area contributed by atoms with Crippen LogP contribution < -0.4 is 0 Å². The Kier molecular flexibility index (Phi) is 3.86. The Hall–Kier alpha value is 1.22. The Morgan fingerprint density at radius 2 is 2.00 bits per heavy atom. The molecular weight excluding hydrogens is 174 g/mol. The van der Waals surface area contributed by atoms with Gasteiger partial charge in [0, 0.05) is 0 Å². The summed E-state index contributed by atoms with van der Waals surface area (Å²) in [6.45, 7) is 0. The maximum atomic E-state index is 5.50. The molecule has 0 spiro atoms. The van der Waals surface area contributed by atoms with Gasteiger partial charge in [0.1, 0.15) is 0 Å². The first-order valence-corrected chi connectivity index (χ1v) is 4.13. The lowest BCUT2D eigenvalue weighted by Gasteiger charge is -2.09. The van der Waals surface area contributed by atoms with Crippen LogP contribution >= 0.6 is 46.6 Å². The average Bonchev–Trinajstić information content (AvgIpc) is 1.68. The van der Waals surface area contributed by atoms with Crippen molar-refractivity contribution in [3.63, 3.8) is 0 Å². The lowest BCUT2D eigenvalue weighted by atomic mass is 10.9. The Bertz CT molecular complexity index is 48.1. The summed E-state index contributed by atoms with van der Waals surface area (Å²) < 4.78 is -0.790. The largest absolute Gasteiger partial charge is 0.176 e. The Labute approximate surface area is 62.5 Å². The molecule has 0 aliphatic rings. The fourth-order valence-corrected chi connectivity index (χ4v) is 0.491. The van der Waals surface area contributed by atoms with Gasteiger partial charge in [0.2, 0.25) is 0 Å². The van der Waals surface area contributed by atoms with E-state index in [1.807, 2.05) is 6.26 Å². The lowest BCUT2D eigenvalue weighted by Crippen LogP contribution is -2.06. The summed E-state index contributed by atoms with van der Waals surface area (Å²) in [7, 11) is 0. The number of hydrogen-bond acceptors (Lipinski definition) is 1. The van der Waals surface area contributed by atoms with Crippen molar-refractivity contribution in [2.75, 3.05) is 12.1 Å². The second-order valence-corrected chi connectivity index (χ2v) is 4.28. The van der Waals surface area contributed by atoms with Gasteiger partial charge in [0.25, 0.3) is 0 Å². The molecule has 0 radical (unpaired) electrons. The van der Waals surface area contributed by atoms with Crippen molar-refractivity contribution in [1.82, 2.24) is 0 Å². The van der Waals surface area contributed by atoms with Crippen LogP contribution in [-0.2, 0) is 0 Å². The van der Waals surface area contributed by atoms with Crippen LogP contribution in [0.2, 0.25) is 0 Å². The average molecular weight is 179 g/mol. The zero-order valence-corrected chi connectivity index (χ0v) is 6.83. The minimum Gasteiger partial charge on any atom is -0.126 e. The van der Waals surface area contributed by atoms with E-state index in [1.54, 1.807) is 0 Å². The molecule has 0 amide bonds. The minimum absolute atomic E-state index is 0.261. The van der Waals surface area contributed by atoms with Crippen molar-refractivity contribution >= 4 is 46.6 Å².